The van der Waals surface area contributed by atoms with Crippen LogP contribution in [0.15, 0.2) is 4.99 Å². The van der Waals surface area contributed by atoms with Gasteiger partial charge in [0, 0.05) is 6.21 Å². The maximum absolute atomic E-state index is 12.4. The van der Waals surface area contributed by atoms with Gasteiger partial charge in [0.05, 0.1) is 13.2 Å². The van der Waals surface area contributed by atoms with Gasteiger partial charge < -0.3 is 9.05 Å². The van der Waals surface area contributed by atoms with Crippen LogP contribution in [-0.2, 0) is 13.6 Å². The van der Waals surface area contributed by atoms with Crippen molar-refractivity contribution in [2.75, 3.05) is 13.2 Å². The minimum Gasteiger partial charge on any atom is -0.307 e. The van der Waals surface area contributed by atoms with Crippen LogP contribution in [0.3, 0.4) is 0 Å². The molecule has 5 heteroatoms. The summed E-state index contributed by atoms with van der Waals surface area (Å²) in [5.74, 6) is 0. The molecule has 0 fully saturated rings. The molecule has 0 saturated carbocycles. The van der Waals surface area contributed by atoms with Crippen molar-refractivity contribution in [3.63, 3.8) is 0 Å². The van der Waals surface area contributed by atoms with E-state index >= 15 is 0 Å². The van der Waals surface area contributed by atoms with Gasteiger partial charge in [-0.05, 0) is 33.6 Å². The van der Waals surface area contributed by atoms with E-state index in [9.17, 15) is 4.57 Å². The van der Waals surface area contributed by atoms with Crippen LogP contribution in [0.4, 0.5) is 0 Å². The molecule has 0 aliphatic carbocycles. The highest BCUT2D eigenvalue weighted by molar-refractivity contribution is 7.55. The average molecular weight is 219 g/mol. The molecule has 0 bridgehead atoms. The molecule has 1 unspecified atom stereocenters. The van der Waals surface area contributed by atoms with E-state index in [2.05, 4.69) is 4.99 Å². The van der Waals surface area contributed by atoms with Gasteiger partial charge in [-0.2, -0.15) is 0 Å². The lowest BCUT2D eigenvalue weighted by molar-refractivity contribution is 0.199. The van der Waals surface area contributed by atoms with Gasteiger partial charge in [0.25, 0.3) is 0 Å². The highest BCUT2D eigenvalue weighted by Crippen LogP contribution is 2.63. The number of aliphatic imine (C=N–C) groups is 1. The number of hydrogen-bond donors (Lipinski definition) is 0. The third kappa shape index (κ3) is 2.08. The SMILES string of the molecule is CCOP(=O)(OCC)C1(C)CCC=N1. The Hall–Kier alpha value is -0.180. The molecule has 0 radical (unpaired) electrons. The molecule has 0 spiro atoms. The van der Waals surface area contributed by atoms with Crippen LogP contribution in [0.5, 0.6) is 0 Å². The normalized spacial score (nSPS) is 27.1. The van der Waals surface area contributed by atoms with Gasteiger partial charge in [0.15, 0.2) is 5.28 Å². The van der Waals surface area contributed by atoms with Crippen molar-refractivity contribution in [3.8, 4) is 0 Å². The van der Waals surface area contributed by atoms with E-state index in [4.69, 9.17) is 9.05 Å². The van der Waals surface area contributed by atoms with Crippen LogP contribution >= 0.6 is 7.60 Å². The summed E-state index contributed by atoms with van der Waals surface area (Å²) in [6.07, 6.45) is 3.38. The van der Waals surface area contributed by atoms with Gasteiger partial charge in [0.1, 0.15) is 0 Å². The lowest BCUT2D eigenvalue weighted by atomic mass is 10.2. The Morgan fingerprint density at radius 3 is 2.36 bits per heavy atom. The molecule has 0 aromatic heterocycles. The van der Waals surface area contributed by atoms with Crippen LogP contribution in [0.1, 0.15) is 33.6 Å². The van der Waals surface area contributed by atoms with E-state index in [1.165, 1.54) is 0 Å². The minimum atomic E-state index is -3.08. The van der Waals surface area contributed by atoms with E-state index in [-0.39, 0.29) is 0 Å². The molecule has 4 nitrogen and oxygen atoms in total. The van der Waals surface area contributed by atoms with E-state index in [1.807, 2.05) is 20.8 Å². The van der Waals surface area contributed by atoms with E-state index in [0.717, 1.165) is 12.8 Å². The largest absolute Gasteiger partial charge is 0.357 e. The second-order valence-corrected chi connectivity index (χ2v) is 5.88. The molecule has 0 amide bonds. The van der Waals surface area contributed by atoms with Crippen molar-refractivity contribution in [1.29, 1.82) is 0 Å². The molecule has 1 atom stereocenters. The molecule has 0 saturated heterocycles. The summed E-state index contributed by atoms with van der Waals surface area (Å²) in [6, 6.07) is 0. The standard InChI is InChI=1S/C9H18NO3P/c1-4-12-14(11,13-5-2)9(3)7-6-8-10-9/h8H,4-7H2,1-3H3. The highest BCUT2D eigenvalue weighted by atomic mass is 31.2. The van der Waals surface area contributed by atoms with Gasteiger partial charge in [-0.15, -0.1) is 0 Å². The summed E-state index contributed by atoms with van der Waals surface area (Å²) < 4.78 is 22.9. The third-order valence-electron chi connectivity index (χ3n) is 2.30. The summed E-state index contributed by atoms with van der Waals surface area (Å²) in [5.41, 5.74) is 0. The van der Waals surface area contributed by atoms with Gasteiger partial charge in [0.2, 0.25) is 0 Å². The smallest absolute Gasteiger partial charge is 0.307 e. The van der Waals surface area contributed by atoms with Crippen LogP contribution < -0.4 is 0 Å². The zero-order chi connectivity index (χ0) is 10.7. The maximum atomic E-state index is 12.4. The maximum Gasteiger partial charge on any atom is 0.357 e. The quantitative estimate of drug-likeness (QED) is 0.668. The van der Waals surface area contributed by atoms with Gasteiger partial charge >= 0.3 is 7.60 Å². The summed E-state index contributed by atoms with van der Waals surface area (Å²) in [7, 11) is -3.08. The topological polar surface area (TPSA) is 47.9 Å². The molecular weight excluding hydrogens is 201 g/mol. The first-order chi connectivity index (χ1) is 6.58. The van der Waals surface area contributed by atoms with Crippen molar-refractivity contribution in [2.24, 2.45) is 4.99 Å². The molecule has 0 aromatic rings. The van der Waals surface area contributed by atoms with E-state index < -0.39 is 12.9 Å². The average Bonchev–Trinajstić information content (AvgIpc) is 2.54. The fraction of sp³-hybridized carbons (Fsp3) is 0.889. The highest BCUT2D eigenvalue weighted by Gasteiger charge is 2.47. The molecule has 0 N–H and O–H groups in total. The Labute approximate surface area is 85.2 Å². The van der Waals surface area contributed by atoms with Crippen LogP contribution in [0, 0.1) is 0 Å². The Bertz CT molecular complexity index is 257. The van der Waals surface area contributed by atoms with E-state index in [0.29, 0.717) is 13.2 Å². The molecule has 0 aromatic carbocycles. The summed E-state index contributed by atoms with van der Waals surface area (Å²) >= 11 is 0. The number of rotatable bonds is 5. The van der Waals surface area contributed by atoms with Crippen molar-refractivity contribution in [2.45, 2.75) is 38.9 Å². The monoisotopic (exact) mass is 219 g/mol. The minimum absolute atomic E-state index is 0.391. The zero-order valence-corrected chi connectivity index (χ0v) is 9.92. The van der Waals surface area contributed by atoms with Crippen LogP contribution in [0.25, 0.3) is 0 Å². The second kappa shape index (κ2) is 4.56. The molecular formula is C9H18NO3P. The Morgan fingerprint density at radius 2 is 2.00 bits per heavy atom. The number of nitrogens with zero attached hydrogens (tertiary/aromatic N) is 1. The lowest BCUT2D eigenvalue weighted by Gasteiger charge is -2.29. The summed E-state index contributed by atoms with van der Waals surface area (Å²) in [6.45, 7) is 6.24. The van der Waals surface area contributed by atoms with Gasteiger partial charge in [-0.3, -0.25) is 9.56 Å². The van der Waals surface area contributed by atoms with Crippen LogP contribution in [-0.4, -0.2) is 24.7 Å². The van der Waals surface area contributed by atoms with Gasteiger partial charge in [-0.25, -0.2) is 0 Å². The molecule has 1 aliphatic heterocycles. The Balaban J connectivity index is 2.86. The van der Waals surface area contributed by atoms with Crippen molar-refractivity contribution >= 4 is 13.8 Å². The Morgan fingerprint density at radius 1 is 1.43 bits per heavy atom. The molecule has 14 heavy (non-hydrogen) atoms. The number of hydrogen-bond acceptors (Lipinski definition) is 4. The van der Waals surface area contributed by atoms with Crippen LogP contribution in [0.2, 0.25) is 0 Å². The fourth-order valence-electron chi connectivity index (χ4n) is 1.53. The summed E-state index contributed by atoms with van der Waals surface area (Å²) in [5, 5.41) is -0.668. The molecule has 1 heterocycles. The fourth-order valence-corrected chi connectivity index (χ4v) is 3.46. The molecule has 1 aliphatic rings. The van der Waals surface area contributed by atoms with Crippen molar-refractivity contribution in [3.05, 3.63) is 0 Å². The first-order valence-corrected chi connectivity index (χ1v) is 6.55. The van der Waals surface area contributed by atoms with Crippen molar-refractivity contribution < 1.29 is 13.6 Å². The predicted molar refractivity (Wildman–Crippen MR) is 57.0 cm³/mol. The first-order valence-electron chi connectivity index (χ1n) is 5.01. The second-order valence-electron chi connectivity index (χ2n) is 3.40. The summed E-state index contributed by atoms with van der Waals surface area (Å²) in [4.78, 5) is 4.24. The van der Waals surface area contributed by atoms with Crippen molar-refractivity contribution in [1.82, 2.24) is 0 Å². The predicted octanol–water partition coefficient (Wildman–Crippen LogP) is 2.83. The third-order valence-corrected chi connectivity index (χ3v) is 5.02. The first kappa shape index (κ1) is 11.9. The molecule has 1 rings (SSSR count). The Kier molecular flexibility index (Phi) is 3.87. The van der Waals surface area contributed by atoms with Gasteiger partial charge in [-0.1, -0.05) is 0 Å². The zero-order valence-electron chi connectivity index (χ0n) is 9.02. The van der Waals surface area contributed by atoms with E-state index in [1.54, 1.807) is 6.21 Å². The lowest BCUT2D eigenvalue weighted by Crippen LogP contribution is -2.22. The molecule has 82 valence electrons.